The lowest BCUT2D eigenvalue weighted by Gasteiger charge is -2.24. The van der Waals surface area contributed by atoms with Crippen molar-refractivity contribution in [2.75, 3.05) is 5.75 Å². The number of thioether (sulfide) groups is 1. The van der Waals surface area contributed by atoms with E-state index in [1.807, 2.05) is 26.0 Å². The van der Waals surface area contributed by atoms with Crippen LogP contribution in [-0.4, -0.2) is 58.1 Å². The second-order valence-corrected chi connectivity index (χ2v) is 8.62. The number of carbonyl (C=O) groups excluding carboxylic acids is 1. The van der Waals surface area contributed by atoms with Gasteiger partial charge in [-0.3, -0.25) is 4.79 Å². The van der Waals surface area contributed by atoms with E-state index in [2.05, 4.69) is 25.7 Å². The summed E-state index contributed by atoms with van der Waals surface area (Å²) < 4.78 is 7.26. The molecule has 1 amide bonds. The van der Waals surface area contributed by atoms with Crippen LogP contribution in [0.2, 0.25) is 5.02 Å². The van der Waals surface area contributed by atoms with Gasteiger partial charge in [-0.1, -0.05) is 35.5 Å². The Morgan fingerprint density at radius 2 is 1.91 bits per heavy atom. The Morgan fingerprint density at radius 1 is 1.15 bits per heavy atom. The van der Waals surface area contributed by atoms with Crippen molar-refractivity contribution >= 4 is 29.3 Å². The monoisotopic (exact) mass is 485 g/mol. The van der Waals surface area contributed by atoms with Crippen LogP contribution in [0.25, 0.3) is 17.1 Å². The van der Waals surface area contributed by atoms with Crippen molar-refractivity contribution < 1.29 is 14.3 Å². The molecule has 0 spiro atoms. The van der Waals surface area contributed by atoms with E-state index in [9.17, 15) is 9.90 Å². The molecule has 2 aromatic carbocycles. The van der Waals surface area contributed by atoms with Crippen LogP contribution >= 0.6 is 23.4 Å². The Hall–Kier alpha value is -3.44. The van der Waals surface area contributed by atoms with Gasteiger partial charge >= 0.3 is 0 Å². The Bertz CT molecular complexity index is 1240. The maximum atomic E-state index is 13.0. The molecule has 0 aliphatic heterocycles. The topological polar surface area (TPSA) is 123 Å². The molecular formula is C21H20ClN7O3S. The molecule has 0 saturated heterocycles. The SMILES string of the molecule is CC(C)N(Cc1nnc(-c2ccccc2Cl)o1)C(=O)CSc1nnnn1-c1ccc(O)cc1. The molecule has 4 aromatic rings. The van der Waals surface area contributed by atoms with Crippen LogP contribution in [0.15, 0.2) is 58.1 Å². The first-order chi connectivity index (χ1) is 15.9. The quantitative estimate of drug-likeness (QED) is 0.373. The smallest absolute Gasteiger partial charge is 0.249 e. The van der Waals surface area contributed by atoms with Crippen LogP contribution in [0.5, 0.6) is 5.75 Å². The fourth-order valence-electron chi connectivity index (χ4n) is 3.00. The van der Waals surface area contributed by atoms with E-state index >= 15 is 0 Å². The maximum absolute atomic E-state index is 13.0. The maximum Gasteiger partial charge on any atom is 0.249 e. The van der Waals surface area contributed by atoms with Gasteiger partial charge in [0.25, 0.3) is 0 Å². The number of rotatable bonds is 8. The number of amides is 1. The highest BCUT2D eigenvalue weighted by molar-refractivity contribution is 7.99. The normalized spacial score (nSPS) is 11.2. The highest BCUT2D eigenvalue weighted by atomic mass is 35.5. The van der Waals surface area contributed by atoms with Crippen LogP contribution in [0, 0.1) is 0 Å². The van der Waals surface area contributed by atoms with Crippen LogP contribution in [0.1, 0.15) is 19.7 Å². The summed E-state index contributed by atoms with van der Waals surface area (Å²) in [4.78, 5) is 14.6. The first-order valence-corrected chi connectivity index (χ1v) is 11.4. The van der Waals surface area contributed by atoms with Crippen molar-refractivity contribution in [3.8, 4) is 22.9 Å². The minimum Gasteiger partial charge on any atom is -0.508 e. The lowest BCUT2D eigenvalue weighted by atomic mass is 10.2. The number of nitrogens with zero attached hydrogens (tertiary/aromatic N) is 7. The molecule has 0 aliphatic carbocycles. The van der Waals surface area contributed by atoms with Crippen LogP contribution in [-0.2, 0) is 11.3 Å². The number of benzene rings is 2. The van der Waals surface area contributed by atoms with Crippen LogP contribution in [0.3, 0.4) is 0 Å². The van der Waals surface area contributed by atoms with Crippen LogP contribution < -0.4 is 0 Å². The summed E-state index contributed by atoms with van der Waals surface area (Å²) in [5.74, 6) is 0.734. The molecule has 0 bridgehead atoms. The third kappa shape index (κ3) is 5.32. The molecule has 10 nitrogen and oxygen atoms in total. The van der Waals surface area contributed by atoms with E-state index in [4.69, 9.17) is 16.0 Å². The Labute approximate surface area is 198 Å². The fourth-order valence-corrected chi connectivity index (χ4v) is 3.99. The van der Waals surface area contributed by atoms with Gasteiger partial charge < -0.3 is 14.4 Å². The van der Waals surface area contributed by atoms with Crippen molar-refractivity contribution in [2.24, 2.45) is 0 Å². The van der Waals surface area contributed by atoms with E-state index in [-0.39, 0.29) is 30.0 Å². The summed E-state index contributed by atoms with van der Waals surface area (Å²) in [6.45, 7) is 3.99. The van der Waals surface area contributed by atoms with E-state index in [1.165, 1.54) is 16.4 Å². The highest BCUT2D eigenvalue weighted by Gasteiger charge is 2.22. The van der Waals surface area contributed by atoms with Gasteiger partial charge in [-0.25, -0.2) is 0 Å². The lowest BCUT2D eigenvalue weighted by molar-refractivity contribution is -0.131. The zero-order valence-electron chi connectivity index (χ0n) is 17.8. The first-order valence-electron chi connectivity index (χ1n) is 9.99. The van der Waals surface area contributed by atoms with E-state index in [0.717, 1.165) is 0 Å². The molecule has 0 unspecified atom stereocenters. The van der Waals surface area contributed by atoms with Gasteiger partial charge in [0.05, 0.1) is 28.6 Å². The fraction of sp³-hybridized carbons (Fsp3) is 0.238. The van der Waals surface area contributed by atoms with Crippen molar-refractivity contribution in [1.29, 1.82) is 0 Å². The van der Waals surface area contributed by atoms with Gasteiger partial charge in [0.2, 0.25) is 22.8 Å². The molecule has 0 radical (unpaired) electrons. The van der Waals surface area contributed by atoms with E-state index in [0.29, 0.717) is 33.2 Å². The predicted molar refractivity (Wildman–Crippen MR) is 122 cm³/mol. The van der Waals surface area contributed by atoms with Crippen molar-refractivity contribution in [3.05, 3.63) is 59.4 Å². The number of phenolic OH excluding ortho intramolecular Hbond substituents is 1. The minimum absolute atomic E-state index is 0.0955. The Kier molecular flexibility index (Phi) is 6.90. The number of hydrogen-bond acceptors (Lipinski definition) is 9. The Morgan fingerprint density at radius 3 is 2.64 bits per heavy atom. The zero-order chi connectivity index (χ0) is 23.4. The summed E-state index contributed by atoms with van der Waals surface area (Å²) in [6.07, 6.45) is 0. The van der Waals surface area contributed by atoms with Gasteiger partial charge in [0.15, 0.2) is 0 Å². The third-order valence-electron chi connectivity index (χ3n) is 4.68. The summed E-state index contributed by atoms with van der Waals surface area (Å²) in [5, 5.41) is 30.2. The summed E-state index contributed by atoms with van der Waals surface area (Å²) in [7, 11) is 0. The average molecular weight is 486 g/mol. The molecule has 1 N–H and O–H groups in total. The predicted octanol–water partition coefficient (Wildman–Crippen LogP) is 3.60. The molecule has 0 atom stereocenters. The number of hydrogen-bond donors (Lipinski definition) is 1. The van der Waals surface area contributed by atoms with Crippen molar-refractivity contribution in [1.82, 2.24) is 35.3 Å². The molecule has 4 rings (SSSR count). The van der Waals surface area contributed by atoms with Gasteiger partial charge in [-0.2, -0.15) is 4.68 Å². The van der Waals surface area contributed by atoms with E-state index in [1.54, 1.807) is 41.3 Å². The molecule has 33 heavy (non-hydrogen) atoms. The van der Waals surface area contributed by atoms with Crippen molar-refractivity contribution in [2.45, 2.75) is 31.6 Å². The number of aromatic nitrogens is 6. The molecule has 0 saturated carbocycles. The molecule has 170 valence electrons. The largest absolute Gasteiger partial charge is 0.508 e. The van der Waals surface area contributed by atoms with Gasteiger partial charge in [0.1, 0.15) is 5.75 Å². The highest BCUT2D eigenvalue weighted by Crippen LogP contribution is 2.27. The summed E-state index contributed by atoms with van der Waals surface area (Å²) >= 11 is 7.41. The third-order valence-corrected chi connectivity index (χ3v) is 5.91. The zero-order valence-corrected chi connectivity index (χ0v) is 19.4. The summed E-state index contributed by atoms with van der Waals surface area (Å²) in [6, 6.07) is 13.5. The second-order valence-electron chi connectivity index (χ2n) is 7.27. The van der Waals surface area contributed by atoms with Crippen LogP contribution in [0.4, 0.5) is 0 Å². The molecule has 0 fully saturated rings. The number of tetrazole rings is 1. The van der Waals surface area contributed by atoms with Gasteiger partial charge in [-0.05, 0) is 60.7 Å². The summed E-state index contributed by atoms with van der Waals surface area (Å²) in [5.41, 5.74) is 1.31. The van der Waals surface area contributed by atoms with E-state index < -0.39 is 0 Å². The second kappa shape index (κ2) is 10.0. The van der Waals surface area contributed by atoms with Gasteiger partial charge in [0, 0.05) is 6.04 Å². The molecule has 2 heterocycles. The molecular weight excluding hydrogens is 466 g/mol. The first kappa shape index (κ1) is 22.7. The number of halogens is 1. The van der Waals surface area contributed by atoms with Gasteiger partial charge in [-0.15, -0.1) is 15.3 Å². The number of aromatic hydroxyl groups is 1. The Balaban J connectivity index is 1.44. The number of carbonyl (C=O) groups is 1. The number of phenols is 1. The van der Waals surface area contributed by atoms with Crippen molar-refractivity contribution in [3.63, 3.8) is 0 Å². The lowest BCUT2D eigenvalue weighted by Crippen LogP contribution is -2.37. The molecule has 0 aliphatic rings. The standard InChI is InChI=1S/C21H20ClN7O3S/c1-13(2)28(11-18-23-24-20(32-18)16-5-3-4-6-17(16)22)19(31)12-33-21-25-26-27-29(21)14-7-9-15(30)10-8-14/h3-10,13,30H,11-12H2,1-2H3. The molecule has 12 heteroatoms. The molecule has 2 aromatic heterocycles. The minimum atomic E-state index is -0.132. The average Bonchev–Trinajstić information content (AvgIpc) is 3.46.